The summed E-state index contributed by atoms with van der Waals surface area (Å²) in [5.41, 5.74) is 2.34. The summed E-state index contributed by atoms with van der Waals surface area (Å²) in [5.74, 6) is 0. The first-order valence-corrected chi connectivity index (χ1v) is 7.87. The van der Waals surface area contributed by atoms with E-state index in [0.717, 1.165) is 22.6 Å². The molecular formula is C14H20BrClN2. The van der Waals surface area contributed by atoms with E-state index in [9.17, 15) is 0 Å². The molecule has 1 atom stereocenters. The molecule has 1 aromatic rings. The standard InChI is InChI=1S/C14H20BrClN2/c1-17-7-3-4-12(17)10-18(2)14-6-5-11(9-15)8-13(14)16/h5-6,8,12H,3-4,7,9-10H2,1-2H3. The van der Waals surface area contributed by atoms with Crippen LogP contribution in [0.15, 0.2) is 18.2 Å². The molecule has 2 rings (SSSR count). The summed E-state index contributed by atoms with van der Waals surface area (Å²) < 4.78 is 0. The lowest BCUT2D eigenvalue weighted by Crippen LogP contribution is -2.36. The van der Waals surface area contributed by atoms with Gasteiger partial charge >= 0.3 is 0 Å². The van der Waals surface area contributed by atoms with E-state index in [1.54, 1.807) is 0 Å². The molecule has 1 unspecified atom stereocenters. The van der Waals surface area contributed by atoms with Crippen LogP contribution in [0.5, 0.6) is 0 Å². The smallest absolute Gasteiger partial charge is 0.0642 e. The molecular weight excluding hydrogens is 312 g/mol. The molecule has 1 fully saturated rings. The zero-order valence-corrected chi connectivity index (χ0v) is 13.3. The van der Waals surface area contributed by atoms with Crippen molar-refractivity contribution in [2.45, 2.75) is 24.2 Å². The van der Waals surface area contributed by atoms with Crippen molar-refractivity contribution in [3.63, 3.8) is 0 Å². The lowest BCUT2D eigenvalue weighted by Gasteiger charge is -2.28. The van der Waals surface area contributed by atoms with Crippen LogP contribution in [0.3, 0.4) is 0 Å². The van der Waals surface area contributed by atoms with Crippen LogP contribution in [0, 0.1) is 0 Å². The van der Waals surface area contributed by atoms with Gasteiger partial charge in [-0.05, 0) is 44.1 Å². The maximum Gasteiger partial charge on any atom is 0.0642 e. The van der Waals surface area contributed by atoms with Crippen LogP contribution in [-0.4, -0.2) is 38.1 Å². The molecule has 0 amide bonds. The van der Waals surface area contributed by atoms with Gasteiger partial charge in [-0.1, -0.05) is 33.6 Å². The molecule has 0 aromatic heterocycles. The van der Waals surface area contributed by atoms with Gasteiger partial charge in [0, 0.05) is 25.0 Å². The monoisotopic (exact) mass is 330 g/mol. The highest BCUT2D eigenvalue weighted by molar-refractivity contribution is 9.08. The van der Waals surface area contributed by atoms with Gasteiger partial charge in [0.2, 0.25) is 0 Å². The SMILES string of the molecule is CN(CC1CCCN1C)c1ccc(CBr)cc1Cl. The molecule has 1 aliphatic rings. The Bertz CT molecular complexity index is 411. The first kappa shape index (κ1) is 14.2. The molecule has 4 heteroatoms. The van der Waals surface area contributed by atoms with E-state index >= 15 is 0 Å². The zero-order valence-electron chi connectivity index (χ0n) is 11.0. The Kier molecular flexibility index (Phi) is 4.93. The van der Waals surface area contributed by atoms with E-state index in [1.165, 1.54) is 24.9 Å². The van der Waals surface area contributed by atoms with Crippen molar-refractivity contribution < 1.29 is 0 Å². The van der Waals surface area contributed by atoms with Crippen molar-refractivity contribution in [1.29, 1.82) is 0 Å². The summed E-state index contributed by atoms with van der Waals surface area (Å²) in [4.78, 5) is 4.71. The van der Waals surface area contributed by atoms with Crippen LogP contribution in [-0.2, 0) is 5.33 Å². The fourth-order valence-electron chi connectivity index (χ4n) is 2.57. The lowest BCUT2D eigenvalue weighted by atomic mass is 10.2. The van der Waals surface area contributed by atoms with Gasteiger partial charge < -0.3 is 9.80 Å². The number of benzene rings is 1. The van der Waals surface area contributed by atoms with Crippen LogP contribution in [0.4, 0.5) is 5.69 Å². The molecule has 0 spiro atoms. The summed E-state index contributed by atoms with van der Waals surface area (Å²) in [6.45, 7) is 2.26. The quantitative estimate of drug-likeness (QED) is 0.775. The van der Waals surface area contributed by atoms with E-state index < -0.39 is 0 Å². The highest BCUT2D eigenvalue weighted by Gasteiger charge is 2.22. The molecule has 0 radical (unpaired) electrons. The number of rotatable bonds is 4. The fourth-order valence-corrected chi connectivity index (χ4v) is 3.26. The fraction of sp³-hybridized carbons (Fsp3) is 0.571. The first-order valence-electron chi connectivity index (χ1n) is 6.37. The third-order valence-electron chi connectivity index (χ3n) is 3.73. The minimum atomic E-state index is 0.655. The van der Waals surface area contributed by atoms with Gasteiger partial charge in [-0.25, -0.2) is 0 Å². The topological polar surface area (TPSA) is 6.48 Å². The van der Waals surface area contributed by atoms with Crippen molar-refractivity contribution in [2.24, 2.45) is 0 Å². The number of likely N-dealkylation sites (tertiary alicyclic amines) is 1. The van der Waals surface area contributed by atoms with E-state index in [0.29, 0.717) is 6.04 Å². The first-order chi connectivity index (χ1) is 8.61. The number of likely N-dealkylation sites (N-methyl/N-ethyl adjacent to an activating group) is 2. The van der Waals surface area contributed by atoms with Gasteiger partial charge in [-0.3, -0.25) is 0 Å². The molecule has 0 bridgehead atoms. The van der Waals surface area contributed by atoms with E-state index in [1.807, 2.05) is 6.07 Å². The van der Waals surface area contributed by atoms with Gasteiger partial charge in [-0.2, -0.15) is 0 Å². The van der Waals surface area contributed by atoms with Crippen molar-refractivity contribution >= 4 is 33.2 Å². The van der Waals surface area contributed by atoms with Gasteiger partial charge in [0.1, 0.15) is 0 Å². The van der Waals surface area contributed by atoms with Crippen molar-refractivity contribution in [2.75, 3.05) is 32.1 Å². The summed E-state index contributed by atoms with van der Waals surface area (Å²) in [6.07, 6.45) is 2.60. The molecule has 18 heavy (non-hydrogen) atoms. The summed E-state index contributed by atoms with van der Waals surface area (Å²) >= 11 is 9.80. The molecule has 0 aliphatic carbocycles. The van der Waals surface area contributed by atoms with E-state index in [-0.39, 0.29) is 0 Å². The lowest BCUT2D eigenvalue weighted by molar-refractivity contribution is 0.314. The van der Waals surface area contributed by atoms with Crippen LogP contribution in [0.1, 0.15) is 18.4 Å². The Hall–Kier alpha value is -0.250. The number of hydrogen-bond donors (Lipinski definition) is 0. The van der Waals surface area contributed by atoms with Crippen molar-refractivity contribution in [1.82, 2.24) is 4.90 Å². The zero-order chi connectivity index (χ0) is 13.1. The molecule has 100 valence electrons. The van der Waals surface area contributed by atoms with Gasteiger partial charge in [-0.15, -0.1) is 0 Å². The predicted octanol–water partition coefficient (Wildman–Crippen LogP) is 3.77. The van der Waals surface area contributed by atoms with E-state index in [4.69, 9.17) is 11.6 Å². The number of alkyl halides is 1. The number of anilines is 1. The van der Waals surface area contributed by atoms with Crippen molar-refractivity contribution in [3.8, 4) is 0 Å². The van der Waals surface area contributed by atoms with Gasteiger partial charge in [0.25, 0.3) is 0 Å². The van der Waals surface area contributed by atoms with Crippen LogP contribution in [0.25, 0.3) is 0 Å². The van der Waals surface area contributed by atoms with Crippen molar-refractivity contribution in [3.05, 3.63) is 28.8 Å². The second kappa shape index (κ2) is 6.27. The Morgan fingerprint density at radius 1 is 1.50 bits per heavy atom. The number of halogens is 2. The van der Waals surface area contributed by atoms with Gasteiger partial charge in [0.15, 0.2) is 0 Å². The Labute approximate surface area is 123 Å². The second-order valence-corrected chi connectivity index (χ2v) is 6.04. The molecule has 1 aromatic carbocycles. The third-order valence-corrected chi connectivity index (χ3v) is 4.68. The van der Waals surface area contributed by atoms with E-state index in [2.05, 4.69) is 52.0 Å². The Balaban J connectivity index is 2.06. The minimum Gasteiger partial charge on any atom is -0.372 e. The summed E-state index contributed by atoms with van der Waals surface area (Å²) in [6, 6.07) is 6.95. The number of hydrogen-bond acceptors (Lipinski definition) is 2. The third kappa shape index (κ3) is 3.19. The normalized spacial score (nSPS) is 20.3. The van der Waals surface area contributed by atoms with Crippen LogP contribution in [0.2, 0.25) is 5.02 Å². The molecule has 1 aliphatic heterocycles. The molecule has 0 N–H and O–H groups in total. The predicted molar refractivity (Wildman–Crippen MR) is 83.0 cm³/mol. The summed E-state index contributed by atoms with van der Waals surface area (Å²) in [7, 11) is 4.34. The average molecular weight is 332 g/mol. The highest BCUT2D eigenvalue weighted by atomic mass is 79.9. The van der Waals surface area contributed by atoms with Crippen LogP contribution < -0.4 is 4.90 Å². The molecule has 0 saturated carbocycles. The average Bonchev–Trinajstić information content (AvgIpc) is 2.74. The Morgan fingerprint density at radius 3 is 2.83 bits per heavy atom. The minimum absolute atomic E-state index is 0.655. The number of nitrogens with zero attached hydrogens (tertiary/aromatic N) is 2. The van der Waals surface area contributed by atoms with Crippen LogP contribution >= 0.6 is 27.5 Å². The maximum absolute atomic E-state index is 6.35. The summed E-state index contributed by atoms with van der Waals surface area (Å²) in [5, 5.41) is 1.69. The Morgan fingerprint density at radius 2 is 2.28 bits per heavy atom. The molecule has 1 saturated heterocycles. The molecule has 2 nitrogen and oxygen atoms in total. The maximum atomic E-state index is 6.35. The van der Waals surface area contributed by atoms with Gasteiger partial charge in [0.05, 0.1) is 10.7 Å². The molecule has 1 heterocycles. The highest BCUT2D eigenvalue weighted by Crippen LogP contribution is 2.28. The second-order valence-electron chi connectivity index (χ2n) is 5.08. The largest absolute Gasteiger partial charge is 0.372 e.